The number of likely N-dealkylation sites (tertiary alicyclic amines) is 1. The van der Waals surface area contributed by atoms with Crippen molar-refractivity contribution in [2.45, 2.75) is 115 Å². The molecule has 1 aromatic rings. The largest absolute Gasteiger partial charge is 0.508 e. The molecule has 0 unspecified atom stereocenters. The van der Waals surface area contributed by atoms with E-state index in [4.69, 9.17) is 10.8 Å². The number of phenolic OH excluding ortho intramolecular Hbond substituents is 1. The summed E-state index contributed by atoms with van der Waals surface area (Å²) in [5, 5.41) is 50.2. The van der Waals surface area contributed by atoms with Crippen LogP contribution in [0.1, 0.15) is 72.3 Å². The van der Waals surface area contributed by atoms with E-state index in [9.17, 15) is 53.7 Å². The van der Waals surface area contributed by atoms with E-state index < -0.39 is 121 Å². The molecule has 11 N–H and O–H groups in total. The standard InChI is InChI=1S/C36H55N7O12/c1-6-19(4)30(42-33(52)25-8-7-15-43(25)36(55)29(18(2)3)41-34(53)28(37)20(5)44)35(54)40-24(16-21-9-11-22(45)12-10-21)32(51)39-23(13-14-26(46)47)31(50)38-17-27(48)49/h9-12,18-20,23-25,28-30,44-45H,6-8,13-17,37H2,1-5H3,(H,38,50)(H,39,51)(H,40,54)(H,41,53)(H,42,52)(H,46,47)(H,48,49)/t19-,20+,23-,24-,25-,28-,29-,30-/m0/s1. The van der Waals surface area contributed by atoms with Gasteiger partial charge in [0.2, 0.25) is 35.4 Å². The summed E-state index contributed by atoms with van der Waals surface area (Å²) in [6.45, 7) is 7.61. The average Bonchev–Trinajstić information content (AvgIpc) is 3.63. The number of rotatable bonds is 21. The first-order valence-electron chi connectivity index (χ1n) is 18.2. The number of phenols is 1. The van der Waals surface area contributed by atoms with E-state index in [1.807, 2.05) is 0 Å². The molecule has 0 bridgehead atoms. The van der Waals surface area contributed by atoms with Gasteiger partial charge in [0.1, 0.15) is 48.5 Å². The molecule has 19 heteroatoms. The molecule has 0 radical (unpaired) electrons. The third-order valence-corrected chi connectivity index (χ3v) is 9.39. The Bertz CT molecular complexity index is 1540. The van der Waals surface area contributed by atoms with Gasteiger partial charge >= 0.3 is 11.9 Å². The molecule has 1 heterocycles. The quantitative estimate of drug-likeness (QED) is 0.0670. The van der Waals surface area contributed by atoms with Crippen molar-refractivity contribution in [3.8, 4) is 5.75 Å². The second-order valence-corrected chi connectivity index (χ2v) is 14.1. The molecule has 55 heavy (non-hydrogen) atoms. The minimum absolute atomic E-state index is 0.0676. The van der Waals surface area contributed by atoms with Gasteiger partial charge in [0.05, 0.1) is 6.10 Å². The van der Waals surface area contributed by atoms with E-state index in [1.165, 1.54) is 36.1 Å². The van der Waals surface area contributed by atoms with Gasteiger partial charge in [0.15, 0.2) is 0 Å². The molecular weight excluding hydrogens is 722 g/mol. The third-order valence-electron chi connectivity index (χ3n) is 9.39. The number of amides is 6. The molecule has 0 saturated carbocycles. The zero-order valence-corrected chi connectivity index (χ0v) is 31.7. The Hall–Kier alpha value is -5.30. The van der Waals surface area contributed by atoms with Crippen LogP contribution in [0.25, 0.3) is 0 Å². The topological polar surface area (TPSA) is 307 Å². The summed E-state index contributed by atoms with van der Waals surface area (Å²) in [5.41, 5.74) is 6.24. The van der Waals surface area contributed by atoms with Crippen LogP contribution in [0, 0.1) is 11.8 Å². The van der Waals surface area contributed by atoms with Crippen molar-refractivity contribution in [3.05, 3.63) is 29.8 Å². The number of benzene rings is 1. The van der Waals surface area contributed by atoms with Crippen molar-refractivity contribution in [3.63, 3.8) is 0 Å². The second kappa shape index (κ2) is 21.6. The Labute approximate surface area is 319 Å². The zero-order chi connectivity index (χ0) is 41.6. The summed E-state index contributed by atoms with van der Waals surface area (Å²) >= 11 is 0. The van der Waals surface area contributed by atoms with Crippen LogP contribution < -0.4 is 32.3 Å². The number of aliphatic hydroxyl groups excluding tert-OH is 1. The summed E-state index contributed by atoms with van der Waals surface area (Å²) in [7, 11) is 0. The Balaban J connectivity index is 2.36. The number of hydrogen-bond donors (Lipinski definition) is 10. The molecular formula is C36H55N7O12. The second-order valence-electron chi connectivity index (χ2n) is 14.1. The minimum atomic E-state index is -1.49. The van der Waals surface area contributed by atoms with Crippen molar-refractivity contribution < 1.29 is 58.8 Å². The third kappa shape index (κ3) is 14.1. The molecule has 1 aromatic carbocycles. The van der Waals surface area contributed by atoms with E-state index >= 15 is 0 Å². The summed E-state index contributed by atoms with van der Waals surface area (Å²) < 4.78 is 0. The van der Waals surface area contributed by atoms with E-state index in [0.29, 0.717) is 18.4 Å². The van der Waals surface area contributed by atoms with E-state index in [-0.39, 0.29) is 25.1 Å². The van der Waals surface area contributed by atoms with Crippen molar-refractivity contribution in [1.29, 1.82) is 0 Å². The SMILES string of the molecule is CC[C@H](C)[C@H](NC(=O)[C@@H]1CCCN1C(=O)[C@@H](NC(=O)[C@@H](N)[C@@H](C)O)C(C)C)C(=O)N[C@@H](Cc1ccc(O)cc1)C(=O)N[C@@H](CCC(=O)O)C(=O)NCC(=O)O. The fraction of sp³-hybridized carbons (Fsp3) is 0.611. The van der Waals surface area contributed by atoms with Gasteiger partial charge in [0, 0.05) is 19.4 Å². The molecule has 0 aliphatic carbocycles. The number of carboxylic acids is 2. The highest BCUT2D eigenvalue weighted by Gasteiger charge is 2.41. The van der Waals surface area contributed by atoms with Gasteiger partial charge in [-0.15, -0.1) is 0 Å². The molecule has 306 valence electrons. The Morgan fingerprint density at radius 2 is 1.44 bits per heavy atom. The maximum Gasteiger partial charge on any atom is 0.322 e. The highest BCUT2D eigenvalue weighted by Crippen LogP contribution is 2.22. The smallest absolute Gasteiger partial charge is 0.322 e. The predicted molar refractivity (Wildman–Crippen MR) is 196 cm³/mol. The van der Waals surface area contributed by atoms with Crippen LogP contribution in [-0.2, 0) is 44.8 Å². The lowest BCUT2D eigenvalue weighted by molar-refractivity contribution is -0.143. The van der Waals surface area contributed by atoms with Crippen LogP contribution in [0.3, 0.4) is 0 Å². The Morgan fingerprint density at radius 3 is 1.98 bits per heavy atom. The number of hydrogen-bond acceptors (Lipinski definition) is 11. The lowest BCUT2D eigenvalue weighted by Gasteiger charge is -2.33. The van der Waals surface area contributed by atoms with Crippen molar-refractivity contribution in [1.82, 2.24) is 31.5 Å². The highest BCUT2D eigenvalue weighted by atomic mass is 16.4. The monoisotopic (exact) mass is 777 g/mol. The van der Waals surface area contributed by atoms with Crippen molar-refractivity contribution in [2.24, 2.45) is 17.6 Å². The number of nitrogens with two attached hydrogens (primary N) is 1. The first-order valence-corrected chi connectivity index (χ1v) is 18.2. The zero-order valence-electron chi connectivity index (χ0n) is 31.7. The molecule has 1 saturated heterocycles. The number of carbonyl (C=O) groups is 8. The number of nitrogens with zero attached hydrogens (tertiary/aromatic N) is 1. The number of carboxylic acid groups (broad SMARTS) is 2. The molecule has 2 rings (SSSR count). The number of carbonyl (C=O) groups excluding carboxylic acids is 6. The maximum absolute atomic E-state index is 14.0. The van der Waals surface area contributed by atoms with Crippen LogP contribution in [0.15, 0.2) is 24.3 Å². The van der Waals surface area contributed by atoms with Crippen molar-refractivity contribution in [2.75, 3.05) is 13.1 Å². The van der Waals surface area contributed by atoms with Crippen LogP contribution in [0.2, 0.25) is 0 Å². The van der Waals surface area contributed by atoms with Gasteiger partial charge in [-0.05, 0) is 55.7 Å². The van der Waals surface area contributed by atoms with Crippen molar-refractivity contribution >= 4 is 47.4 Å². The lowest BCUT2D eigenvalue weighted by Crippen LogP contribution is -2.61. The first kappa shape index (κ1) is 45.9. The Kier molecular flexibility index (Phi) is 18.0. The minimum Gasteiger partial charge on any atom is -0.508 e. The molecule has 1 aliphatic rings. The summed E-state index contributed by atoms with van der Waals surface area (Å²) in [4.78, 5) is 104. The molecule has 1 fully saturated rings. The van der Waals surface area contributed by atoms with Gasteiger partial charge in [-0.3, -0.25) is 38.4 Å². The van der Waals surface area contributed by atoms with Gasteiger partial charge in [0.25, 0.3) is 0 Å². The molecule has 0 aromatic heterocycles. The van der Waals surface area contributed by atoms with Gasteiger partial charge in [-0.2, -0.15) is 0 Å². The summed E-state index contributed by atoms with van der Waals surface area (Å²) in [6, 6.07) is -1.78. The predicted octanol–water partition coefficient (Wildman–Crippen LogP) is -1.66. The molecule has 8 atom stereocenters. The van der Waals surface area contributed by atoms with E-state index in [0.717, 1.165) is 0 Å². The average molecular weight is 778 g/mol. The van der Waals surface area contributed by atoms with Crippen LogP contribution in [0.5, 0.6) is 5.75 Å². The van der Waals surface area contributed by atoms with E-state index in [2.05, 4.69) is 26.6 Å². The fourth-order valence-electron chi connectivity index (χ4n) is 5.85. The van der Waals surface area contributed by atoms with Gasteiger partial charge in [-0.25, -0.2) is 0 Å². The number of aromatic hydroxyl groups is 1. The molecule has 1 aliphatic heterocycles. The lowest BCUT2D eigenvalue weighted by atomic mass is 9.96. The number of aliphatic carboxylic acids is 2. The van der Waals surface area contributed by atoms with Gasteiger partial charge in [-0.1, -0.05) is 46.2 Å². The molecule has 6 amide bonds. The Morgan fingerprint density at radius 1 is 0.818 bits per heavy atom. The maximum atomic E-state index is 14.0. The number of nitrogens with one attached hydrogen (secondary N) is 5. The molecule has 19 nitrogen and oxygen atoms in total. The number of aliphatic hydroxyl groups is 1. The van der Waals surface area contributed by atoms with Gasteiger partial charge < -0.3 is 57.6 Å². The normalized spacial score (nSPS) is 17.7. The van der Waals surface area contributed by atoms with Crippen LogP contribution in [-0.4, -0.2) is 128 Å². The van der Waals surface area contributed by atoms with Crippen LogP contribution in [0.4, 0.5) is 0 Å². The first-order chi connectivity index (χ1) is 25.8. The molecule has 0 spiro atoms. The van der Waals surface area contributed by atoms with Crippen LogP contribution >= 0.6 is 0 Å². The summed E-state index contributed by atoms with van der Waals surface area (Å²) in [5.74, 6) is -8.22. The van der Waals surface area contributed by atoms with E-state index in [1.54, 1.807) is 27.7 Å². The summed E-state index contributed by atoms with van der Waals surface area (Å²) in [6.07, 6.45) is -1.20. The highest BCUT2D eigenvalue weighted by molar-refractivity contribution is 5.97. The fourth-order valence-corrected chi connectivity index (χ4v) is 5.85.